The van der Waals surface area contributed by atoms with Crippen molar-refractivity contribution in [3.8, 4) is 0 Å². The second-order valence-corrected chi connectivity index (χ2v) is 3.58. The fourth-order valence-corrected chi connectivity index (χ4v) is 1.58. The van der Waals surface area contributed by atoms with Gasteiger partial charge in [0.15, 0.2) is 0 Å². The van der Waals surface area contributed by atoms with Gasteiger partial charge in [-0.15, -0.1) is 0 Å². The molecule has 15 heavy (non-hydrogen) atoms. The molecule has 0 radical (unpaired) electrons. The van der Waals surface area contributed by atoms with E-state index < -0.39 is 0 Å². The van der Waals surface area contributed by atoms with Crippen LogP contribution in [0.3, 0.4) is 0 Å². The molecule has 0 aromatic carbocycles. The van der Waals surface area contributed by atoms with Crippen molar-refractivity contribution in [3.63, 3.8) is 0 Å². The van der Waals surface area contributed by atoms with E-state index in [1.54, 1.807) is 6.08 Å². The molecule has 0 fully saturated rings. The molecule has 1 rings (SSSR count). The van der Waals surface area contributed by atoms with Crippen LogP contribution < -0.4 is 5.73 Å². The monoisotopic (exact) mass is 201 g/mol. The van der Waals surface area contributed by atoms with Gasteiger partial charge in [-0.05, 0) is 31.4 Å². The van der Waals surface area contributed by atoms with Crippen molar-refractivity contribution >= 4 is 0 Å². The van der Waals surface area contributed by atoms with Crippen molar-refractivity contribution in [3.05, 3.63) is 60.3 Å². The molecule has 1 heteroatoms. The zero-order valence-corrected chi connectivity index (χ0v) is 9.15. The largest absolute Gasteiger partial charge is 0.330 e. The Morgan fingerprint density at radius 2 is 2.33 bits per heavy atom. The van der Waals surface area contributed by atoms with E-state index in [-0.39, 0.29) is 0 Å². The molecule has 0 unspecified atom stereocenters. The first-order valence-electron chi connectivity index (χ1n) is 5.39. The number of nitrogens with two attached hydrogens (primary N) is 1. The molecule has 2 N–H and O–H groups in total. The zero-order chi connectivity index (χ0) is 10.9. The predicted octanol–water partition coefficient (Wildman–Crippen LogP) is 3.28. The average Bonchev–Trinajstić information content (AvgIpc) is 2.26. The Balaban J connectivity index is 2.46. The first-order valence-corrected chi connectivity index (χ1v) is 5.39. The van der Waals surface area contributed by atoms with Crippen LogP contribution in [0.25, 0.3) is 0 Å². The maximum absolute atomic E-state index is 5.54. The van der Waals surface area contributed by atoms with Gasteiger partial charge in [-0.3, -0.25) is 0 Å². The van der Waals surface area contributed by atoms with Crippen molar-refractivity contribution in [2.75, 3.05) is 6.54 Å². The molecule has 0 saturated heterocycles. The minimum Gasteiger partial charge on any atom is -0.330 e. The van der Waals surface area contributed by atoms with Crippen molar-refractivity contribution < 1.29 is 0 Å². The summed E-state index contributed by atoms with van der Waals surface area (Å²) in [5.41, 5.74) is 8.35. The lowest BCUT2D eigenvalue weighted by Crippen LogP contribution is -2.02. The van der Waals surface area contributed by atoms with Gasteiger partial charge >= 0.3 is 0 Å². The topological polar surface area (TPSA) is 26.0 Å². The Kier molecular flexibility index (Phi) is 5.49. The van der Waals surface area contributed by atoms with Crippen molar-refractivity contribution in [1.82, 2.24) is 0 Å². The molecule has 0 atom stereocenters. The average molecular weight is 201 g/mol. The molecule has 1 aliphatic rings. The molecule has 0 aromatic rings. The van der Waals surface area contributed by atoms with Crippen molar-refractivity contribution in [2.24, 2.45) is 5.73 Å². The Hall–Kier alpha value is -1.34. The van der Waals surface area contributed by atoms with E-state index in [0.29, 0.717) is 0 Å². The Morgan fingerprint density at radius 1 is 1.47 bits per heavy atom. The van der Waals surface area contributed by atoms with Gasteiger partial charge in [-0.2, -0.15) is 0 Å². The third-order valence-electron chi connectivity index (χ3n) is 2.33. The van der Waals surface area contributed by atoms with E-state index in [0.717, 1.165) is 25.8 Å². The lowest BCUT2D eigenvalue weighted by molar-refractivity contribution is 0.903. The first kappa shape index (κ1) is 11.7. The maximum atomic E-state index is 5.54. The van der Waals surface area contributed by atoms with Gasteiger partial charge in [0.05, 0.1) is 0 Å². The van der Waals surface area contributed by atoms with E-state index in [4.69, 9.17) is 5.73 Å². The standard InChI is InChI=1S/C14H19N/c1-2-3-4-5-7-13-8-6-9-14(12-13)10-11-15/h2-4,6-9H,1,5,10-12,15H2/b4-3-,13-7?. The SMILES string of the molecule is C=C/C=C\CC=C1C=CC=C(CCN)C1. The highest BCUT2D eigenvalue weighted by Crippen LogP contribution is 2.20. The number of allylic oxidation sites excluding steroid dienone is 8. The van der Waals surface area contributed by atoms with E-state index in [2.05, 4.69) is 37.0 Å². The van der Waals surface area contributed by atoms with Crippen molar-refractivity contribution in [2.45, 2.75) is 19.3 Å². The Bertz CT molecular complexity index is 316. The van der Waals surface area contributed by atoms with E-state index in [9.17, 15) is 0 Å². The summed E-state index contributed by atoms with van der Waals surface area (Å²) in [6, 6.07) is 0. The summed E-state index contributed by atoms with van der Waals surface area (Å²) in [7, 11) is 0. The second kappa shape index (κ2) is 7.02. The summed E-state index contributed by atoms with van der Waals surface area (Å²) in [6.07, 6.45) is 17.6. The highest BCUT2D eigenvalue weighted by molar-refractivity contribution is 5.34. The van der Waals surface area contributed by atoms with Crippen LogP contribution >= 0.6 is 0 Å². The highest BCUT2D eigenvalue weighted by Gasteiger charge is 2.02. The molecule has 0 heterocycles. The lowest BCUT2D eigenvalue weighted by atomic mass is 9.97. The third kappa shape index (κ3) is 4.61. The van der Waals surface area contributed by atoms with Gasteiger partial charge in [0.1, 0.15) is 0 Å². The molecule has 80 valence electrons. The summed E-state index contributed by atoms with van der Waals surface area (Å²) in [5, 5.41) is 0. The number of rotatable bonds is 5. The van der Waals surface area contributed by atoms with Gasteiger partial charge in [0, 0.05) is 0 Å². The van der Waals surface area contributed by atoms with E-state index in [1.165, 1.54) is 11.1 Å². The molecule has 0 aromatic heterocycles. The normalized spacial score (nSPS) is 18.5. The minimum atomic E-state index is 0.739. The minimum absolute atomic E-state index is 0.739. The number of hydrogen-bond acceptors (Lipinski definition) is 1. The van der Waals surface area contributed by atoms with E-state index in [1.807, 2.05) is 6.08 Å². The fourth-order valence-electron chi connectivity index (χ4n) is 1.58. The molecule has 1 aliphatic carbocycles. The second-order valence-electron chi connectivity index (χ2n) is 3.58. The molecule has 0 aliphatic heterocycles. The molecule has 0 spiro atoms. The van der Waals surface area contributed by atoms with Crippen LogP contribution in [0.5, 0.6) is 0 Å². The highest BCUT2D eigenvalue weighted by atomic mass is 14.5. The van der Waals surface area contributed by atoms with Gasteiger partial charge in [-0.1, -0.05) is 54.7 Å². The summed E-state index contributed by atoms with van der Waals surface area (Å²) in [5.74, 6) is 0. The smallest absolute Gasteiger partial charge is 0.00397 e. The van der Waals surface area contributed by atoms with Crippen molar-refractivity contribution in [1.29, 1.82) is 0 Å². The maximum Gasteiger partial charge on any atom is -0.00397 e. The van der Waals surface area contributed by atoms with Gasteiger partial charge in [0.25, 0.3) is 0 Å². The third-order valence-corrected chi connectivity index (χ3v) is 2.33. The summed E-state index contributed by atoms with van der Waals surface area (Å²) < 4.78 is 0. The van der Waals surface area contributed by atoms with Crippen LogP contribution in [0.4, 0.5) is 0 Å². The van der Waals surface area contributed by atoms with Gasteiger partial charge in [-0.25, -0.2) is 0 Å². The Morgan fingerprint density at radius 3 is 3.07 bits per heavy atom. The zero-order valence-electron chi connectivity index (χ0n) is 9.15. The number of hydrogen-bond donors (Lipinski definition) is 1. The summed E-state index contributed by atoms with van der Waals surface area (Å²) in [4.78, 5) is 0. The fraction of sp³-hybridized carbons (Fsp3) is 0.286. The van der Waals surface area contributed by atoms with Gasteiger partial charge < -0.3 is 5.73 Å². The quantitative estimate of drug-likeness (QED) is 0.679. The first-order chi connectivity index (χ1) is 7.36. The van der Waals surface area contributed by atoms with Gasteiger partial charge in [0.2, 0.25) is 0 Å². The van der Waals surface area contributed by atoms with Crippen LogP contribution in [0.15, 0.2) is 60.3 Å². The summed E-state index contributed by atoms with van der Waals surface area (Å²) in [6.45, 7) is 4.38. The molecule has 1 nitrogen and oxygen atoms in total. The molecule has 0 amide bonds. The van der Waals surface area contributed by atoms with Crippen LogP contribution in [-0.4, -0.2) is 6.54 Å². The molecular weight excluding hydrogens is 182 g/mol. The molecule has 0 bridgehead atoms. The molecule has 0 saturated carbocycles. The predicted molar refractivity (Wildman–Crippen MR) is 67.5 cm³/mol. The lowest BCUT2D eigenvalue weighted by Gasteiger charge is -2.10. The van der Waals surface area contributed by atoms with Crippen LogP contribution in [0.2, 0.25) is 0 Å². The van der Waals surface area contributed by atoms with Crippen LogP contribution in [0.1, 0.15) is 19.3 Å². The van der Waals surface area contributed by atoms with Crippen LogP contribution in [-0.2, 0) is 0 Å². The summed E-state index contributed by atoms with van der Waals surface area (Å²) >= 11 is 0. The van der Waals surface area contributed by atoms with Crippen LogP contribution in [0, 0.1) is 0 Å². The molecular formula is C14H19N. The Labute approximate surface area is 92.4 Å². The van der Waals surface area contributed by atoms with E-state index >= 15 is 0 Å².